The summed E-state index contributed by atoms with van der Waals surface area (Å²) >= 11 is 0. The minimum absolute atomic E-state index is 0.0600. The smallest absolute Gasteiger partial charge is 0.321 e. The fourth-order valence-electron chi connectivity index (χ4n) is 1.27. The van der Waals surface area contributed by atoms with Gasteiger partial charge < -0.3 is 15.3 Å². The van der Waals surface area contributed by atoms with Gasteiger partial charge >= 0.3 is 12.0 Å². The van der Waals surface area contributed by atoms with Gasteiger partial charge in [-0.3, -0.25) is 9.48 Å². The first-order chi connectivity index (χ1) is 7.99. The average molecular weight is 240 g/mol. The Morgan fingerprint density at radius 3 is 2.82 bits per heavy atom. The van der Waals surface area contributed by atoms with E-state index in [0.29, 0.717) is 18.7 Å². The van der Waals surface area contributed by atoms with Gasteiger partial charge in [-0.25, -0.2) is 4.79 Å². The summed E-state index contributed by atoms with van der Waals surface area (Å²) in [5.74, 6) is -0.855. The van der Waals surface area contributed by atoms with Crippen molar-refractivity contribution >= 4 is 17.7 Å². The van der Waals surface area contributed by atoms with Gasteiger partial charge in [-0.15, -0.1) is 0 Å². The second kappa shape index (κ2) is 5.88. The van der Waals surface area contributed by atoms with Gasteiger partial charge in [0.15, 0.2) is 0 Å². The standard InChI is InChI=1S/C10H16N4O3/c1-13(5-3-4-9(15)16)10(17)12-8-6-11-14(2)7-8/h6-7H,3-5H2,1-2H3,(H,12,17)(H,15,16). The van der Waals surface area contributed by atoms with Crippen LogP contribution in [-0.2, 0) is 11.8 Å². The monoisotopic (exact) mass is 240 g/mol. The molecule has 1 rings (SSSR count). The lowest BCUT2D eigenvalue weighted by Crippen LogP contribution is -2.32. The number of carboxylic acids is 1. The molecule has 94 valence electrons. The first-order valence-electron chi connectivity index (χ1n) is 5.21. The van der Waals surface area contributed by atoms with Crippen LogP contribution in [0.3, 0.4) is 0 Å². The molecule has 0 atom stereocenters. The maximum Gasteiger partial charge on any atom is 0.321 e. The van der Waals surface area contributed by atoms with E-state index >= 15 is 0 Å². The number of urea groups is 1. The van der Waals surface area contributed by atoms with E-state index in [9.17, 15) is 9.59 Å². The Morgan fingerprint density at radius 2 is 2.29 bits per heavy atom. The molecule has 0 bridgehead atoms. The maximum absolute atomic E-state index is 11.6. The van der Waals surface area contributed by atoms with Crippen LogP contribution in [0.2, 0.25) is 0 Å². The molecule has 2 N–H and O–H groups in total. The lowest BCUT2D eigenvalue weighted by molar-refractivity contribution is -0.137. The van der Waals surface area contributed by atoms with Crippen molar-refractivity contribution in [2.45, 2.75) is 12.8 Å². The van der Waals surface area contributed by atoms with Gasteiger partial charge in [-0.1, -0.05) is 0 Å². The fourth-order valence-corrected chi connectivity index (χ4v) is 1.27. The Hall–Kier alpha value is -2.05. The minimum Gasteiger partial charge on any atom is -0.481 e. The van der Waals surface area contributed by atoms with Gasteiger partial charge in [0.1, 0.15) is 0 Å². The molecule has 0 aromatic carbocycles. The number of carboxylic acid groups (broad SMARTS) is 1. The molecule has 0 saturated heterocycles. The summed E-state index contributed by atoms with van der Waals surface area (Å²) in [4.78, 5) is 23.4. The number of aliphatic carboxylic acids is 1. The number of rotatable bonds is 5. The van der Waals surface area contributed by atoms with Crippen LogP contribution in [-0.4, -0.2) is 45.4 Å². The molecule has 0 aliphatic carbocycles. The number of hydrogen-bond acceptors (Lipinski definition) is 3. The fraction of sp³-hybridized carbons (Fsp3) is 0.500. The highest BCUT2D eigenvalue weighted by atomic mass is 16.4. The van der Waals surface area contributed by atoms with Crippen LogP contribution in [0.15, 0.2) is 12.4 Å². The number of nitrogens with one attached hydrogen (secondary N) is 1. The molecule has 1 aromatic heterocycles. The van der Waals surface area contributed by atoms with Crippen LogP contribution in [0.25, 0.3) is 0 Å². The number of hydrogen-bond donors (Lipinski definition) is 2. The predicted octanol–water partition coefficient (Wildman–Crippen LogP) is 0.749. The Bertz CT molecular complexity index is 402. The van der Waals surface area contributed by atoms with Gasteiger partial charge in [0, 0.05) is 33.3 Å². The van der Waals surface area contributed by atoms with E-state index in [2.05, 4.69) is 10.4 Å². The molecule has 7 nitrogen and oxygen atoms in total. The summed E-state index contributed by atoms with van der Waals surface area (Å²) in [5.41, 5.74) is 0.614. The van der Waals surface area contributed by atoms with Crippen molar-refractivity contribution in [3.8, 4) is 0 Å². The van der Waals surface area contributed by atoms with Crippen molar-refractivity contribution in [1.29, 1.82) is 0 Å². The van der Waals surface area contributed by atoms with Crippen LogP contribution >= 0.6 is 0 Å². The number of aromatic nitrogens is 2. The second-order valence-corrected chi connectivity index (χ2v) is 3.75. The summed E-state index contributed by atoms with van der Waals surface area (Å²) in [6.45, 7) is 0.401. The van der Waals surface area contributed by atoms with E-state index in [1.54, 1.807) is 31.2 Å². The topological polar surface area (TPSA) is 87.5 Å². The van der Waals surface area contributed by atoms with Crippen LogP contribution in [0, 0.1) is 0 Å². The first kappa shape index (κ1) is 13.0. The highest BCUT2D eigenvalue weighted by molar-refractivity contribution is 5.88. The molecule has 1 aromatic rings. The first-order valence-corrected chi connectivity index (χ1v) is 5.21. The normalized spacial score (nSPS) is 10.0. The molecule has 2 amide bonds. The minimum atomic E-state index is -0.855. The van der Waals surface area contributed by atoms with Crippen LogP contribution < -0.4 is 5.32 Å². The Balaban J connectivity index is 2.34. The van der Waals surface area contributed by atoms with Gasteiger partial charge in [0.05, 0.1) is 11.9 Å². The van der Waals surface area contributed by atoms with Crippen molar-refractivity contribution in [3.05, 3.63) is 12.4 Å². The largest absolute Gasteiger partial charge is 0.481 e. The van der Waals surface area contributed by atoms with E-state index < -0.39 is 5.97 Å². The number of carbonyl (C=O) groups excluding carboxylic acids is 1. The van der Waals surface area contributed by atoms with Gasteiger partial charge in [0.25, 0.3) is 0 Å². The quantitative estimate of drug-likeness (QED) is 0.795. The molecule has 0 fully saturated rings. The zero-order chi connectivity index (χ0) is 12.8. The summed E-state index contributed by atoms with van der Waals surface area (Å²) in [5, 5.41) is 15.0. The van der Waals surface area contributed by atoms with Gasteiger partial charge in [-0.2, -0.15) is 5.10 Å². The van der Waals surface area contributed by atoms with Crippen molar-refractivity contribution in [2.75, 3.05) is 18.9 Å². The van der Waals surface area contributed by atoms with Crippen molar-refractivity contribution in [1.82, 2.24) is 14.7 Å². The van der Waals surface area contributed by atoms with Crippen molar-refractivity contribution < 1.29 is 14.7 Å². The van der Waals surface area contributed by atoms with E-state index in [4.69, 9.17) is 5.11 Å². The Morgan fingerprint density at radius 1 is 1.59 bits per heavy atom. The summed E-state index contributed by atoms with van der Waals surface area (Å²) in [7, 11) is 3.37. The van der Waals surface area contributed by atoms with E-state index in [1.807, 2.05) is 0 Å². The number of nitrogens with zero attached hydrogens (tertiary/aromatic N) is 3. The van der Waals surface area contributed by atoms with Crippen molar-refractivity contribution in [3.63, 3.8) is 0 Å². The van der Waals surface area contributed by atoms with Crippen molar-refractivity contribution in [2.24, 2.45) is 7.05 Å². The molecule has 0 saturated carbocycles. The summed E-state index contributed by atoms with van der Waals surface area (Å²) < 4.78 is 1.58. The zero-order valence-electron chi connectivity index (χ0n) is 9.88. The third kappa shape index (κ3) is 4.54. The molecule has 0 spiro atoms. The number of carbonyl (C=O) groups is 2. The zero-order valence-corrected chi connectivity index (χ0v) is 9.88. The lowest BCUT2D eigenvalue weighted by atomic mass is 10.3. The molecular formula is C10H16N4O3. The Labute approximate surface area is 99.0 Å². The maximum atomic E-state index is 11.6. The number of aryl methyl sites for hydroxylation is 1. The molecule has 0 unspecified atom stereocenters. The lowest BCUT2D eigenvalue weighted by Gasteiger charge is -2.16. The van der Waals surface area contributed by atoms with E-state index in [1.165, 1.54) is 4.90 Å². The van der Waals surface area contributed by atoms with Crippen LogP contribution in [0.1, 0.15) is 12.8 Å². The van der Waals surface area contributed by atoms with E-state index in [0.717, 1.165) is 0 Å². The van der Waals surface area contributed by atoms with Crippen LogP contribution in [0.5, 0.6) is 0 Å². The highest BCUT2D eigenvalue weighted by Crippen LogP contribution is 2.05. The molecule has 1 heterocycles. The highest BCUT2D eigenvalue weighted by Gasteiger charge is 2.09. The summed E-state index contributed by atoms with van der Waals surface area (Å²) in [6.07, 6.45) is 3.72. The predicted molar refractivity (Wildman–Crippen MR) is 61.7 cm³/mol. The molecule has 7 heteroatoms. The SMILES string of the molecule is CN(CCCC(=O)O)C(=O)Nc1cnn(C)c1. The van der Waals surface area contributed by atoms with E-state index in [-0.39, 0.29) is 12.5 Å². The molecular weight excluding hydrogens is 224 g/mol. The number of amides is 2. The molecule has 0 radical (unpaired) electrons. The molecule has 0 aliphatic rings. The van der Waals surface area contributed by atoms with Crippen LogP contribution in [0.4, 0.5) is 10.5 Å². The van der Waals surface area contributed by atoms with Gasteiger partial charge in [0.2, 0.25) is 0 Å². The summed E-state index contributed by atoms with van der Waals surface area (Å²) in [6, 6.07) is -0.275. The Kier molecular flexibility index (Phi) is 4.50. The molecule has 0 aliphatic heterocycles. The second-order valence-electron chi connectivity index (χ2n) is 3.75. The third-order valence-corrected chi connectivity index (χ3v) is 2.19. The third-order valence-electron chi connectivity index (χ3n) is 2.19. The average Bonchev–Trinajstić information content (AvgIpc) is 2.63. The van der Waals surface area contributed by atoms with Gasteiger partial charge in [-0.05, 0) is 6.42 Å². The number of anilines is 1. The molecule has 17 heavy (non-hydrogen) atoms.